The summed E-state index contributed by atoms with van der Waals surface area (Å²) in [5.74, 6) is -0.0397. The highest BCUT2D eigenvalue weighted by molar-refractivity contribution is 5.94. The Hall–Kier alpha value is -3.44. The van der Waals surface area contributed by atoms with Gasteiger partial charge in [0.15, 0.2) is 0 Å². The Kier molecular flexibility index (Phi) is 5.50. The first-order valence-electron chi connectivity index (χ1n) is 10.9. The minimum Gasteiger partial charge on any atom is -0.350 e. The third-order valence-corrected chi connectivity index (χ3v) is 6.08. The van der Waals surface area contributed by atoms with Gasteiger partial charge < -0.3 is 5.32 Å². The first-order valence-corrected chi connectivity index (χ1v) is 10.9. The minimum atomic E-state index is -0.0397. The molecule has 0 spiro atoms. The number of rotatable bonds is 6. The van der Waals surface area contributed by atoms with Crippen molar-refractivity contribution in [3.63, 3.8) is 0 Å². The molecule has 0 aliphatic carbocycles. The molecule has 5 nitrogen and oxygen atoms in total. The van der Waals surface area contributed by atoms with E-state index in [2.05, 4.69) is 39.5 Å². The Bertz CT molecular complexity index is 1160. The SMILES string of the molecule is O=C(NC[C@H](c1ccccc1)N1CCCC1)c1ccc(-n2cnc3ccccc32)cc1. The Morgan fingerprint density at radius 3 is 2.39 bits per heavy atom. The van der Waals surface area contributed by atoms with Gasteiger partial charge in [-0.05, 0) is 67.9 Å². The topological polar surface area (TPSA) is 50.2 Å². The average Bonchev–Trinajstić information content (AvgIpc) is 3.50. The van der Waals surface area contributed by atoms with E-state index >= 15 is 0 Å². The monoisotopic (exact) mass is 410 g/mol. The van der Waals surface area contributed by atoms with Crippen molar-refractivity contribution < 1.29 is 4.79 Å². The summed E-state index contributed by atoms with van der Waals surface area (Å²) in [5.41, 5.74) is 4.92. The van der Waals surface area contributed by atoms with Crippen molar-refractivity contribution in [1.82, 2.24) is 19.8 Å². The molecule has 1 saturated heterocycles. The van der Waals surface area contributed by atoms with Crippen LogP contribution in [-0.2, 0) is 0 Å². The molecule has 1 aliphatic heterocycles. The maximum atomic E-state index is 12.9. The molecule has 4 aromatic rings. The van der Waals surface area contributed by atoms with Gasteiger partial charge in [0.25, 0.3) is 5.91 Å². The number of imidazole rings is 1. The summed E-state index contributed by atoms with van der Waals surface area (Å²) >= 11 is 0. The minimum absolute atomic E-state index is 0.0397. The molecule has 1 amide bonds. The first-order chi connectivity index (χ1) is 15.3. The number of amides is 1. The molecule has 2 heterocycles. The number of likely N-dealkylation sites (tertiary alicyclic amines) is 1. The Morgan fingerprint density at radius 1 is 0.903 bits per heavy atom. The predicted molar refractivity (Wildman–Crippen MR) is 123 cm³/mol. The van der Waals surface area contributed by atoms with Crippen LogP contribution >= 0.6 is 0 Å². The van der Waals surface area contributed by atoms with E-state index in [-0.39, 0.29) is 11.9 Å². The van der Waals surface area contributed by atoms with Crippen molar-refractivity contribution >= 4 is 16.9 Å². The van der Waals surface area contributed by atoms with Crippen LogP contribution in [0, 0.1) is 0 Å². The summed E-state index contributed by atoms with van der Waals surface area (Å²) in [6, 6.07) is 26.4. The van der Waals surface area contributed by atoms with Gasteiger partial charge in [0.1, 0.15) is 6.33 Å². The number of carbonyl (C=O) groups excluding carboxylic acids is 1. The number of aromatic nitrogens is 2. The van der Waals surface area contributed by atoms with Crippen molar-refractivity contribution in [3.8, 4) is 5.69 Å². The summed E-state index contributed by atoms with van der Waals surface area (Å²) in [4.78, 5) is 19.8. The van der Waals surface area contributed by atoms with Crippen LogP contribution in [0.5, 0.6) is 0 Å². The van der Waals surface area contributed by atoms with Gasteiger partial charge in [0, 0.05) is 17.8 Å². The van der Waals surface area contributed by atoms with Crippen molar-refractivity contribution in [2.75, 3.05) is 19.6 Å². The maximum absolute atomic E-state index is 12.9. The van der Waals surface area contributed by atoms with Gasteiger partial charge in [0.05, 0.1) is 17.1 Å². The summed E-state index contributed by atoms with van der Waals surface area (Å²) < 4.78 is 2.04. The number of hydrogen-bond donors (Lipinski definition) is 1. The third-order valence-electron chi connectivity index (χ3n) is 6.08. The van der Waals surface area contributed by atoms with E-state index in [0.29, 0.717) is 12.1 Å². The molecule has 1 fully saturated rings. The summed E-state index contributed by atoms with van der Waals surface area (Å²) in [7, 11) is 0. The second kappa shape index (κ2) is 8.74. The quantitative estimate of drug-likeness (QED) is 0.506. The fourth-order valence-electron chi connectivity index (χ4n) is 4.42. The largest absolute Gasteiger partial charge is 0.350 e. The normalized spacial score (nSPS) is 15.2. The highest BCUT2D eigenvalue weighted by atomic mass is 16.1. The van der Waals surface area contributed by atoms with E-state index in [1.807, 2.05) is 65.5 Å². The van der Waals surface area contributed by atoms with Crippen LogP contribution in [0.2, 0.25) is 0 Å². The lowest BCUT2D eigenvalue weighted by Gasteiger charge is -2.28. The summed E-state index contributed by atoms with van der Waals surface area (Å²) in [6.07, 6.45) is 4.27. The zero-order valence-corrected chi connectivity index (χ0v) is 17.4. The van der Waals surface area contributed by atoms with Crippen molar-refractivity contribution in [1.29, 1.82) is 0 Å². The number of nitrogens with one attached hydrogen (secondary N) is 1. The molecule has 5 heteroatoms. The fourth-order valence-corrected chi connectivity index (χ4v) is 4.42. The molecule has 0 unspecified atom stereocenters. The van der Waals surface area contributed by atoms with Crippen molar-refractivity contribution in [3.05, 3.63) is 96.3 Å². The first kappa shape index (κ1) is 19.5. The van der Waals surface area contributed by atoms with Crippen LogP contribution in [0.25, 0.3) is 16.7 Å². The van der Waals surface area contributed by atoms with Crippen molar-refractivity contribution in [2.45, 2.75) is 18.9 Å². The molecule has 3 aromatic carbocycles. The Balaban J connectivity index is 1.30. The van der Waals surface area contributed by atoms with Crippen LogP contribution in [0.1, 0.15) is 34.8 Å². The molecule has 1 N–H and O–H groups in total. The fraction of sp³-hybridized carbons (Fsp3) is 0.231. The Labute approximate surface area is 182 Å². The Morgan fingerprint density at radius 2 is 1.61 bits per heavy atom. The number of carbonyl (C=O) groups is 1. The van der Waals surface area contributed by atoms with Gasteiger partial charge in [-0.15, -0.1) is 0 Å². The van der Waals surface area contributed by atoms with E-state index in [0.717, 1.165) is 29.8 Å². The number of nitrogens with zero attached hydrogens (tertiary/aromatic N) is 3. The highest BCUT2D eigenvalue weighted by Gasteiger charge is 2.24. The van der Waals surface area contributed by atoms with E-state index in [1.54, 1.807) is 0 Å². The predicted octanol–water partition coefficient (Wildman–Crippen LogP) is 4.59. The standard InChI is InChI=1S/C26H26N4O/c31-26(27-18-25(29-16-6-7-17-29)20-8-2-1-3-9-20)21-12-14-22(15-13-21)30-19-28-23-10-4-5-11-24(23)30/h1-5,8-15,19,25H,6-7,16-18H2,(H,27,31)/t25-/m1/s1. The van der Waals surface area contributed by atoms with E-state index in [9.17, 15) is 4.79 Å². The number of hydrogen-bond acceptors (Lipinski definition) is 3. The third kappa shape index (κ3) is 4.09. The van der Waals surface area contributed by atoms with Gasteiger partial charge in [0.2, 0.25) is 0 Å². The molecular formula is C26H26N4O. The molecule has 31 heavy (non-hydrogen) atoms. The van der Waals surface area contributed by atoms with Gasteiger partial charge in [-0.1, -0.05) is 42.5 Å². The summed E-state index contributed by atoms with van der Waals surface area (Å²) in [5, 5.41) is 3.16. The van der Waals surface area contributed by atoms with Crippen molar-refractivity contribution in [2.24, 2.45) is 0 Å². The van der Waals surface area contributed by atoms with Crippen LogP contribution in [0.3, 0.4) is 0 Å². The van der Waals surface area contributed by atoms with Gasteiger partial charge in [-0.25, -0.2) is 4.98 Å². The lowest BCUT2D eigenvalue weighted by molar-refractivity contribution is 0.0938. The maximum Gasteiger partial charge on any atom is 0.251 e. The van der Waals surface area contributed by atoms with E-state index in [4.69, 9.17) is 0 Å². The molecular weight excluding hydrogens is 384 g/mol. The summed E-state index contributed by atoms with van der Waals surface area (Å²) in [6.45, 7) is 2.78. The second-order valence-corrected chi connectivity index (χ2v) is 8.03. The van der Waals surface area contributed by atoms with E-state index < -0.39 is 0 Å². The van der Waals surface area contributed by atoms with Gasteiger partial charge >= 0.3 is 0 Å². The van der Waals surface area contributed by atoms with Crippen LogP contribution < -0.4 is 5.32 Å². The number of benzene rings is 3. The van der Waals surface area contributed by atoms with Gasteiger partial charge in [-0.3, -0.25) is 14.3 Å². The molecule has 5 rings (SSSR count). The van der Waals surface area contributed by atoms with Crippen LogP contribution in [0.15, 0.2) is 85.2 Å². The number of fused-ring (bicyclic) bond motifs is 1. The van der Waals surface area contributed by atoms with Crippen LogP contribution in [0.4, 0.5) is 0 Å². The molecule has 1 aromatic heterocycles. The molecule has 0 radical (unpaired) electrons. The highest BCUT2D eigenvalue weighted by Crippen LogP contribution is 2.24. The van der Waals surface area contributed by atoms with Crippen LogP contribution in [-0.4, -0.2) is 40.0 Å². The molecule has 156 valence electrons. The smallest absolute Gasteiger partial charge is 0.251 e. The average molecular weight is 411 g/mol. The molecule has 1 aliphatic rings. The second-order valence-electron chi connectivity index (χ2n) is 8.03. The molecule has 1 atom stereocenters. The molecule has 0 bridgehead atoms. The van der Waals surface area contributed by atoms with E-state index in [1.165, 1.54) is 18.4 Å². The molecule has 0 saturated carbocycles. The zero-order valence-electron chi connectivity index (χ0n) is 17.4. The zero-order chi connectivity index (χ0) is 21.0. The lowest BCUT2D eigenvalue weighted by Crippen LogP contribution is -2.36. The lowest BCUT2D eigenvalue weighted by atomic mass is 10.1. The number of para-hydroxylation sites is 2. The van der Waals surface area contributed by atoms with Gasteiger partial charge in [-0.2, -0.15) is 0 Å².